The van der Waals surface area contributed by atoms with Gasteiger partial charge < -0.3 is 14.7 Å². The highest BCUT2D eigenvalue weighted by molar-refractivity contribution is 5.85. The summed E-state index contributed by atoms with van der Waals surface area (Å²) in [5.74, 6) is -1.32. The molecule has 0 saturated carbocycles. The lowest BCUT2D eigenvalue weighted by atomic mass is 10.1. The Morgan fingerprint density at radius 1 is 1.25 bits per heavy atom. The number of carbonyl (C=O) groups excluding carboxylic acids is 1. The highest BCUT2D eigenvalue weighted by atomic mass is 16.5. The lowest BCUT2D eigenvalue weighted by Crippen LogP contribution is -2.40. The van der Waals surface area contributed by atoms with Gasteiger partial charge in [-0.15, -0.1) is 0 Å². The molecule has 0 radical (unpaired) electrons. The van der Waals surface area contributed by atoms with Crippen molar-refractivity contribution >= 4 is 11.9 Å². The summed E-state index contributed by atoms with van der Waals surface area (Å²) in [4.78, 5) is 24.7. The highest BCUT2D eigenvalue weighted by Crippen LogP contribution is 2.20. The van der Waals surface area contributed by atoms with E-state index in [2.05, 4.69) is 0 Å². The second kappa shape index (κ2) is 8.32. The molecule has 5 heteroatoms. The molecule has 0 aliphatic carbocycles. The number of aliphatic carboxylic acids is 1. The Morgan fingerprint density at radius 2 is 1.90 bits per heavy atom. The zero-order valence-electron chi connectivity index (χ0n) is 11.9. The minimum Gasteiger partial charge on any atom is -0.480 e. The molecule has 5 nitrogen and oxygen atoms in total. The van der Waals surface area contributed by atoms with Crippen LogP contribution in [0.1, 0.15) is 31.9 Å². The minimum atomic E-state index is -1.02. The maximum absolute atomic E-state index is 12.5. The SMILES string of the molecule is CCCN(CC(=O)O)C(=O)C(OCC)c1ccccc1. The number of hydrogen-bond acceptors (Lipinski definition) is 3. The molecule has 0 bridgehead atoms. The number of hydrogen-bond donors (Lipinski definition) is 1. The van der Waals surface area contributed by atoms with Gasteiger partial charge in [-0.25, -0.2) is 0 Å². The average Bonchev–Trinajstić information content (AvgIpc) is 2.44. The molecule has 0 fully saturated rings. The quantitative estimate of drug-likeness (QED) is 0.791. The predicted molar refractivity (Wildman–Crippen MR) is 75.3 cm³/mol. The molecule has 0 spiro atoms. The predicted octanol–water partition coefficient (Wildman–Crippen LogP) is 2.09. The average molecular weight is 279 g/mol. The van der Waals surface area contributed by atoms with Crippen LogP contribution in [0.3, 0.4) is 0 Å². The molecule has 1 rings (SSSR count). The van der Waals surface area contributed by atoms with Crippen molar-refractivity contribution in [3.8, 4) is 0 Å². The summed E-state index contributed by atoms with van der Waals surface area (Å²) in [6.07, 6.45) is -0.0424. The van der Waals surface area contributed by atoms with Crippen molar-refractivity contribution in [3.05, 3.63) is 35.9 Å². The summed E-state index contributed by atoms with van der Waals surface area (Å²) < 4.78 is 5.51. The van der Waals surface area contributed by atoms with Crippen LogP contribution in [0.2, 0.25) is 0 Å². The summed E-state index contributed by atoms with van der Waals surface area (Å²) in [5.41, 5.74) is 0.742. The fourth-order valence-corrected chi connectivity index (χ4v) is 1.97. The summed E-state index contributed by atoms with van der Waals surface area (Å²) >= 11 is 0. The molecule has 1 aromatic rings. The van der Waals surface area contributed by atoms with Crippen molar-refractivity contribution < 1.29 is 19.4 Å². The Bertz CT molecular complexity index is 433. The van der Waals surface area contributed by atoms with Gasteiger partial charge in [0.25, 0.3) is 5.91 Å². The summed E-state index contributed by atoms with van der Waals surface area (Å²) in [5, 5.41) is 8.91. The molecular formula is C15H21NO4. The topological polar surface area (TPSA) is 66.8 Å². The molecule has 0 aliphatic rings. The van der Waals surface area contributed by atoms with Gasteiger partial charge in [0.1, 0.15) is 6.54 Å². The molecule has 0 heterocycles. The number of nitrogens with zero attached hydrogens (tertiary/aromatic N) is 1. The Hall–Kier alpha value is -1.88. The van der Waals surface area contributed by atoms with E-state index in [1.165, 1.54) is 4.90 Å². The lowest BCUT2D eigenvalue weighted by molar-refractivity contribution is -0.151. The van der Waals surface area contributed by atoms with Crippen molar-refractivity contribution in [1.29, 1.82) is 0 Å². The van der Waals surface area contributed by atoms with E-state index in [-0.39, 0.29) is 12.5 Å². The van der Waals surface area contributed by atoms with Gasteiger partial charge in [-0.05, 0) is 18.9 Å². The van der Waals surface area contributed by atoms with Crippen LogP contribution in [-0.2, 0) is 14.3 Å². The minimum absolute atomic E-state index is 0.302. The fourth-order valence-electron chi connectivity index (χ4n) is 1.97. The summed E-state index contributed by atoms with van der Waals surface area (Å²) in [7, 11) is 0. The smallest absolute Gasteiger partial charge is 0.323 e. The normalized spacial score (nSPS) is 11.9. The van der Waals surface area contributed by atoms with Crippen LogP contribution >= 0.6 is 0 Å². The summed E-state index contributed by atoms with van der Waals surface area (Å²) in [6, 6.07) is 9.14. The maximum atomic E-state index is 12.5. The molecule has 1 aromatic carbocycles. The van der Waals surface area contributed by atoms with Gasteiger partial charge in [0.15, 0.2) is 6.10 Å². The lowest BCUT2D eigenvalue weighted by Gasteiger charge is -2.25. The Labute approximate surface area is 119 Å². The highest BCUT2D eigenvalue weighted by Gasteiger charge is 2.27. The zero-order valence-corrected chi connectivity index (χ0v) is 11.9. The second-order valence-corrected chi connectivity index (χ2v) is 4.40. The number of amides is 1. The molecule has 110 valence electrons. The zero-order chi connectivity index (χ0) is 15.0. The van der Waals surface area contributed by atoms with E-state index in [4.69, 9.17) is 9.84 Å². The summed E-state index contributed by atoms with van der Waals surface area (Å²) in [6.45, 7) is 4.20. The third-order valence-electron chi connectivity index (χ3n) is 2.79. The third kappa shape index (κ3) is 4.66. The van der Waals surface area contributed by atoms with E-state index in [0.29, 0.717) is 19.6 Å². The Morgan fingerprint density at radius 3 is 2.40 bits per heavy atom. The van der Waals surface area contributed by atoms with Gasteiger partial charge in [-0.1, -0.05) is 37.3 Å². The van der Waals surface area contributed by atoms with E-state index < -0.39 is 12.1 Å². The molecule has 1 amide bonds. The Balaban J connectivity index is 2.93. The fraction of sp³-hybridized carbons (Fsp3) is 0.467. The molecule has 0 aliphatic heterocycles. The molecule has 0 aromatic heterocycles. The number of benzene rings is 1. The van der Waals surface area contributed by atoms with Gasteiger partial charge in [0.05, 0.1) is 0 Å². The van der Waals surface area contributed by atoms with E-state index in [0.717, 1.165) is 5.56 Å². The molecule has 20 heavy (non-hydrogen) atoms. The van der Waals surface area contributed by atoms with Gasteiger partial charge in [0.2, 0.25) is 0 Å². The van der Waals surface area contributed by atoms with E-state index >= 15 is 0 Å². The van der Waals surface area contributed by atoms with E-state index in [9.17, 15) is 9.59 Å². The van der Waals surface area contributed by atoms with Gasteiger partial charge >= 0.3 is 5.97 Å². The van der Waals surface area contributed by atoms with Crippen LogP contribution in [0, 0.1) is 0 Å². The van der Waals surface area contributed by atoms with E-state index in [1.807, 2.05) is 44.2 Å². The maximum Gasteiger partial charge on any atom is 0.323 e. The third-order valence-corrected chi connectivity index (χ3v) is 2.79. The molecule has 1 unspecified atom stereocenters. The second-order valence-electron chi connectivity index (χ2n) is 4.40. The van der Waals surface area contributed by atoms with Crippen LogP contribution < -0.4 is 0 Å². The van der Waals surface area contributed by atoms with E-state index in [1.54, 1.807) is 0 Å². The largest absolute Gasteiger partial charge is 0.480 e. The first-order valence-corrected chi connectivity index (χ1v) is 6.77. The first-order valence-electron chi connectivity index (χ1n) is 6.77. The van der Waals surface area contributed by atoms with Gasteiger partial charge in [-0.2, -0.15) is 0 Å². The molecular weight excluding hydrogens is 258 g/mol. The molecule has 1 N–H and O–H groups in total. The van der Waals surface area contributed by atoms with Crippen molar-refractivity contribution in [1.82, 2.24) is 4.90 Å². The molecule has 1 atom stereocenters. The number of carboxylic acids is 1. The van der Waals surface area contributed by atoms with Crippen molar-refractivity contribution in [3.63, 3.8) is 0 Å². The van der Waals surface area contributed by atoms with Crippen LogP contribution in [0.5, 0.6) is 0 Å². The van der Waals surface area contributed by atoms with Gasteiger partial charge in [-0.3, -0.25) is 9.59 Å². The Kier molecular flexibility index (Phi) is 6.73. The van der Waals surface area contributed by atoms with Crippen LogP contribution in [0.25, 0.3) is 0 Å². The first kappa shape index (κ1) is 16.2. The van der Waals surface area contributed by atoms with Crippen molar-refractivity contribution in [2.24, 2.45) is 0 Å². The van der Waals surface area contributed by atoms with Gasteiger partial charge in [0, 0.05) is 13.2 Å². The monoisotopic (exact) mass is 279 g/mol. The number of carboxylic acid groups (broad SMARTS) is 1. The molecule has 0 saturated heterocycles. The first-order chi connectivity index (χ1) is 9.60. The number of carbonyl (C=O) groups is 2. The number of ether oxygens (including phenoxy) is 1. The number of rotatable bonds is 8. The van der Waals surface area contributed by atoms with Crippen LogP contribution in [0.15, 0.2) is 30.3 Å². The standard InChI is InChI=1S/C15H21NO4/c1-3-10-16(11-13(17)18)15(19)14(20-4-2)12-8-6-5-7-9-12/h5-9,14H,3-4,10-11H2,1-2H3,(H,17,18). The van der Waals surface area contributed by atoms with Crippen molar-refractivity contribution in [2.75, 3.05) is 19.7 Å². The van der Waals surface area contributed by atoms with Crippen LogP contribution in [0.4, 0.5) is 0 Å². The van der Waals surface area contributed by atoms with Crippen LogP contribution in [-0.4, -0.2) is 41.6 Å². The van der Waals surface area contributed by atoms with Crippen molar-refractivity contribution in [2.45, 2.75) is 26.4 Å².